The lowest BCUT2D eigenvalue weighted by Crippen LogP contribution is -2.20. The zero-order valence-electron chi connectivity index (χ0n) is 8.45. The van der Waals surface area contributed by atoms with E-state index < -0.39 is 11.0 Å². The van der Waals surface area contributed by atoms with Crippen LogP contribution in [0.25, 0.3) is 0 Å². The van der Waals surface area contributed by atoms with E-state index in [0.29, 0.717) is 5.92 Å². The molecule has 0 bridgehead atoms. The maximum Gasteiger partial charge on any atom is 0.144 e. The maximum atomic E-state index is 11.5. The molecule has 13 heavy (non-hydrogen) atoms. The Morgan fingerprint density at radius 2 is 2.23 bits per heavy atom. The van der Waals surface area contributed by atoms with Crippen LogP contribution < -0.4 is 0 Å². The Labute approximate surface area is 82.2 Å². The lowest BCUT2D eigenvalue weighted by molar-refractivity contribution is 0.193. The number of nitrogens with zero attached hydrogens (tertiary/aromatic N) is 1. The van der Waals surface area contributed by atoms with E-state index in [9.17, 15) is 4.21 Å². The molecule has 0 N–H and O–H groups in total. The van der Waals surface area contributed by atoms with Gasteiger partial charge < -0.3 is 4.74 Å². The Hall–Kier alpha value is -0.220. The highest BCUT2D eigenvalue weighted by Crippen LogP contribution is 2.14. The van der Waals surface area contributed by atoms with Crippen LogP contribution in [0.4, 0.5) is 0 Å². The van der Waals surface area contributed by atoms with Gasteiger partial charge in [0.2, 0.25) is 0 Å². The van der Waals surface area contributed by atoms with E-state index in [1.54, 1.807) is 6.21 Å². The lowest BCUT2D eigenvalue weighted by atomic mass is 10.1. The molecule has 76 valence electrons. The van der Waals surface area contributed by atoms with E-state index in [2.05, 4.69) is 4.40 Å². The van der Waals surface area contributed by atoms with Crippen LogP contribution in [0, 0.1) is 5.92 Å². The number of ether oxygens (including phenoxy) is 1. The molecule has 0 radical (unpaired) electrons. The van der Waals surface area contributed by atoms with Crippen molar-refractivity contribution in [3.63, 3.8) is 0 Å². The summed E-state index contributed by atoms with van der Waals surface area (Å²) in [5.41, 5.74) is 0. The van der Waals surface area contributed by atoms with E-state index in [1.165, 1.54) is 0 Å². The zero-order chi connectivity index (χ0) is 9.90. The van der Waals surface area contributed by atoms with E-state index in [-0.39, 0.29) is 4.75 Å². The quantitative estimate of drug-likeness (QED) is 0.639. The van der Waals surface area contributed by atoms with Gasteiger partial charge in [0.1, 0.15) is 11.0 Å². The largest absolute Gasteiger partial charge is 0.381 e. The molecule has 2 unspecified atom stereocenters. The summed E-state index contributed by atoms with van der Waals surface area (Å²) >= 11 is 0. The Balaban J connectivity index is 2.43. The summed E-state index contributed by atoms with van der Waals surface area (Å²) in [6.07, 6.45) is 2.79. The molecule has 0 aliphatic carbocycles. The van der Waals surface area contributed by atoms with Crippen LogP contribution in [-0.4, -0.2) is 28.4 Å². The Bertz CT molecular complexity index is 214. The van der Waals surface area contributed by atoms with Crippen LogP contribution >= 0.6 is 0 Å². The minimum Gasteiger partial charge on any atom is -0.381 e. The lowest BCUT2D eigenvalue weighted by Gasteiger charge is -2.13. The fourth-order valence-corrected chi connectivity index (χ4v) is 1.57. The highest BCUT2D eigenvalue weighted by Gasteiger charge is 2.19. The molecule has 4 heteroatoms. The summed E-state index contributed by atoms with van der Waals surface area (Å²) in [7, 11) is -1.12. The highest BCUT2D eigenvalue weighted by molar-refractivity contribution is 7.85. The van der Waals surface area contributed by atoms with Crippen LogP contribution in [0.5, 0.6) is 0 Å². The molecular formula is C9H17NO2S. The van der Waals surface area contributed by atoms with Gasteiger partial charge in [-0.25, -0.2) is 4.21 Å². The molecule has 1 fully saturated rings. The van der Waals surface area contributed by atoms with Gasteiger partial charge in [-0.05, 0) is 27.2 Å². The molecule has 1 rings (SSSR count). The summed E-state index contributed by atoms with van der Waals surface area (Å²) in [6, 6.07) is 0. The van der Waals surface area contributed by atoms with Crippen LogP contribution in [0.2, 0.25) is 0 Å². The second-order valence-corrected chi connectivity index (χ2v) is 6.17. The first-order chi connectivity index (χ1) is 6.00. The molecule has 0 saturated carbocycles. The van der Waals surface area contributed by atoms with E-state index in [0.717, 1.165) is 19.6 Å². The third kappa shape index (κ3) is 3.56. The first kappa shape index (κ1) is 10.9. The van der Waals surface area contributed by atoms with Crippen molar-refractivity contribution < 1.29 is 8.95 Å². The van der Waals surface area contributed by atoms with Crippen molar-refractivity contribution in [3.05, 3.63) is 0 Å². The second kappa shape index (κ2) is 4.33. The van der Waals surface area contributed by atoms with Crippen molar-refractivity contribution in [2.24, 2.45) is 10.3 Å². The second-order valence-electron chi connectivity index (χ2n) is 4.24. The Morgan fingerprint density at radius 1 is 1.54 bits per heavy atom. The SMILES string of the molecule is CC(C)(C)S(=O)/N=C/C1CCOC1. The molecule has 0 spiro atoms. The Morgan fingerprint density at radius 3 is 2.69 bits per heavy atom. The molecule has 0 aromatic carbocycles. The molecule has 1 heterocycles. The third-order valence-electron chi connectivity index (χ3n) is 1.86. The fourth-order valence-electron chi connectivity index (χ4n) is 0.970. The summed E-state index contributed by atoms with van der Waals surface area (Å²) < 4.78 is 20.5. The van der Waals surface area contributed by atoms with Gasteiger partial charge >= 0.3 is 0 Å². The van der Waals surface area contributed by atoms with E-state index in [4.69, 9.17) is 4.74 Å². The van der Waals surface area contributed by atoms with Crippen LogP contribution in [-0.2, 0) is 15.7 Å². The van der Waals surface area contributed by atoms with Crippen molar-refractivity contribution in [3.8, 4) is 0 Å². The van der Waals surface area contributed by atoms with E-state index in [1.807, 2.05) is 20.8 Å². The van der Waals surface area contributed by atoms with Gasteiger partial charge in [-0.2, -0.15) is 4.40 Å². The molecule has 1 aliphatic heterocycles. The minimum atomic E-state index is -1.12. The van der Waals surface area contributed by atoms with Gasteiger partial charge in [0, 0.05) is 18.7 Å². The number of rotatable bonds is 2. The monoisotopic (exact) mass is 203 g/mol. The van der Waals surface area contributed by atoms with Gasteiger partial charge in [-0.3, -0.25) is 0 Å². The predicted octanol–water partition coefficient (Wildman–Crippen LogP) is 1.56. The van der Waals surface area contributed by atoms with Gasteiger partial charge in [0.05, 0.1) is 11.4 Å². The summed E-state index contributed by atoms with van der Waals surface area (Å²) in [5, 5.41) is 0. The van der Waals surface area contributed by atoms with E-state index >= 15 is 0 Å². The van der Waals surface area contributed by atoms with Gasteiger partial charge in [0.15, 0.2) is 0 Å². The smallest absolute Gasteiger partial charge is 0.144 e. The average molecular weight is 203 g/mol. The zero-order valence-corrected chi connectivity index (χ0v) is 9.26. The van der Waals surface area contributed by atoms with Crippen LogP contribution in [0.1, 0.15) is 27.2 Å². The van der Waals surface area contributed by atoms with Gasteiger partial charge in [-0.15, -0.1) is 0 Å². The van der Waals surface area contributed by atoms with Gasteiger partial charge in [-0.1, -0.05) is 0 Å². The fraction of sp³-hybridized carbons (Fsp3) is 0.889. The highest BCUT2D eigenvalue weighted by atomic mass is 32.2. The van der Waals surface area contributed by atoms with Crippen LogP contribution in [0.3, 0.4) is 0 Å². The first-order valence-electron chi connectivity index (χ1n) is 4.54. The standard InChI is InChI=1S/C9H17NO2S/c1-9(2,3)13(11)10-6-8-4-5-12-7-8/h6,8H,4-5,7H2,1-3H3/b10-6+. The summed E-state index contributed by atoms with van der Waals surface area (Å²) in [5.74, 6) is 0.367. The molecule has 0 aromatic heterocycles. The normalized spacial score (nSPS) is 26.8. The van der Waals surface area contributed by atoms with Crippen molar-refractivity contribution in [2.75, 3.05) is 13.2 Å². The molecule has 0 aromatic rings. The average Bonchev–Trinajstić information content (AvgIpc) is 2.50. The topological polar surface area (TPSA) is 38.7 Å². The maximum absolute atomic E-state index is 11.5. The van der Waals surface area contributed by atoms with Crippen molar-refractivity contribution >= 4 is 17.2 Å². The van der Waals surface area contributed by atoms with Crippen molar-refractivity contribution in [1.82, 2.24) is 0 Å². The molecule has 0 amide bonds. The Kier molecular flexibility index (Phi) is 3.62. The molecule has 2 atom stereocenters. The van der Waals surface area contributed by atoms with Crippen LogP contribution in [0.15, 0.2) is 4.40 Å². The predicted molar refractivity (Wildman–Crippen MR) is 55.3 cm³/mol. The molecule has 3 nitrogen and oxygen atoms in total. The minimum absolute atomic E-state index is 0.254. The van der Waals surface area contributed by atoms with Crippen molar-refractivity contribution in [1.29, 1.82) is 0 Å². The summed E-state index contributed by atoms with van der Waals surface area (Å²) in [6.45, 7) is 7.30. The number of hydrogen-bond acceptors (Lipinski definition) is 2. The molecule has 1 aliphatic rings. The molecular weight excluding hydrogens is 186 g/mol. The number of hydrogen-bond donors (Lipinski definition) is 0. The van der Waals surface area contributed by atoms with Crippen molar-refractivity contribution in [2.45, 2.75) is 31.9 Å². The summed E-state index contributed by atoms with van der Waals surface area (Å²) in [4.78, 5) is 0. The first-order valence-corrected chi connectivity index (χ1v) is 5.65. The molecule has 1 saturated heterocycles. The third-order valence-corrected chi connectivity index (χ3v) is 3.22. The van der Waals surface area contributed by atoms with Gasteiger partial charge in [0.25, 0.3) is 0 Å².